The molecule has 27 heavy (non-hydrogen) atoms. The first kappa shape index (κ1) is 18.9. The Kier molecular flexibility index (Phi) is 6.78. The number of Topliss-reactive ketones (excluding diaryl/α,β-unsaturated/α-hetero) is 1. The van der Waals surface area contributed by atoms with Crippen LogP contribution in [-0.4, -0.2) is 36.2 Å². The highest BCUT2D eigenvalue weighted by Gasteiger charge is 2.14. The molecule has 2 aromatic rings. The molecule has 0 aliphatic carbocycles. The molecule has 0 radical (unpaired) electrons. The summed E-state index contributed by atoms with van der Waals surface area (Å²) in [5, 5.41) is 2.76. The largest absolute Gasteiger partial charge is 0.345 e. The van der Waals surface area contributed by atoms with E-state index in [9.17, 15) is 9.59 Å². The van der Waals surface area contributed by atoms with E-state index in [0.717, 1.165) is 19.5 Å². The number of hydrogen-bond donors (Lipinski definition) is 1. The molecule has 1 amide bonds. The summed E-state index contributed by atoms with van der Waals surface area (Å²) in [4.78, 5) is 26.1. The Morgan fingerprint density at radius 1 is 0.926 bits per heavy atom. The fourth-order valence-electron chi connectivity index (χ4n) is 3.15. The average molecular weight is 360 g/mol. The van der Waals surface area contributed by atoms with Crippen molar-refractivity contribution >= 4 is 11.7 Å². The molecule has 0 bridgehead atoms. The summed E-state index contributed by atoms with van der Waals surface area (Å²) in [6.45, 7) is 2.97. The van der Waals surface area contributed by atoms with Crippen LogP contribution in [0.25, 0.3) is 0 Å². The van der Waals surface area contributed by atoms with Crippen LogP contribution in [0.5, 0.6) is 0 Å². The third kappa shape index (κ3) is 5.80. The molecule has 3 rings (SSSR count). The number of ketones is 1. The molecule has 0 spiro atoms. The molecule has 0 saturated heterocycles. The van der Waals surface area contributed by atoms with Crippen molar-refractivity contribution in [2.75, 3.05) is 19.6 Å². The average Bonchev–Trinajstić information content (AvgIpc) is 2.72. The second-order valence-corrected chi connectivity index (χ2v) is 6.65. The fraction of sp³-hybridized carbons (Fsp3) is 0.304. The van der Waals surface area contributed by atoms with E-state index in [-0.39, 0.29) is 24.5 Å². The normalized spacial score (nSPS) is 13.2. The number of fused-ring (bicyclic) bond motifs is 1. The molecule has 1 aliphatic rings. The maximum Gasteiger partial charge on any atom is 0.221 e. The number of nitrogens with one attached hydrogen (secondary N) is 1. The highest BCUT2D eigenvalue weighted by molar-refractivity contribution is 5.97. The van der Waals surface area contributed by atoms with Crippen molar-refractivity contribution in [2.45, 2.75) is 25.8 Å². The van der Waals surface area contributed by atoms with E-state index in [2.05, 4.69) is 46.3 Å². The molecule has 0 saturated carbocycles. The molecule has 0 atom stereocenters. The molecule has 4 heteroatoms. The van der Waals surface area contributed by atoms with Gasteiger partial charge in [-0.2, -0.15) is 0 Å². The van der Waals surface area contributed by atoms with E-state index in [4.69, 9.17) is 0 Å². The maximum absolute atomic E-state index is 12.0. The van der Waals surface area contributed by atoms with E-state index in [1.54, 1.807) is 12.1 Å². The topological polar surface area (TPSA) is 49.4 Å². The van der Waals surface area contributed by atoms with Crippen LogP contribution in [0.1, 0.15) is 34.3 Å². The van der Waals surface area contributed by atoms with Crippen molar-refractivity contribution in [3.63, 3.8) is 0 Å². The van der Waals surface area contributed by atoms with Crippen LogP contribution in [-0.2, 0) is 17.8 Å². The lowest BCUT2D eigenvalue weighted by atomic mass is 10.0. The Labute approximate surface area is 160 Å². The first-order valence-corrected chi connectivity index (χ1v) is 9.32. The minimum Gasteiger partial charge on any atom is -0.345 e. The van der Waals surface area contributed by atoms with Crippen LogP contribution in [0.3, 0.4) is 0 Å². The van der Waals surface area contributed by atoms with Crippen LogP contribution in [0.15, 0.2) is 54.6 Å². The molecule has 1 N–H and O–H groups in total. The molecule has 138 valence electrons. The summed E-state index contributed by atoms with van der Waals surface area (Å²) in [5.74, 6) is 5.97. The molecular formula is C23H24N2O2. The van der Waals surface area contributed by atoms with Gasteiger partial charge in [0.2, 0.25) is 5.91 Å². The maximum atomic E-state index is 12.0. The molecule has 2 aromatic carbocycles. The van der Waals surface area contributed by atoms with Gasteiger partial charge in [-0.05, 0) is 17.5 Å². The molecular weight excluding hydrogens is 336 g/mol. The smallest absolute Gasteiger partial charge is 0.221 e. The van der Waals surface area contributed by atoms with Gasteiger partial charge >= 0.3 is 0 Å². The Morgan fingerprint density at radius 2 is 1.67 bits per heavy atom. The zero-order valence-corrected chi connectivity index (χ0v) is 15.4. The third-order valence-corrected chi connectivity index (χ3v) is 4.69. The predicted molar refractivity (Wildman–Crippen MR) is 106 cm³/mol. The van der Waals surface area contributed by atoms with E-state index < -0.39 is 0 Å². The molecule has 1 aliphatic heterocycles. The first-order chi connectivity index (χ1) is 13.2. The zero-order valence-electron chi connectivity index (χ0n) is 15.4. The Balaban J connectivity index is 1.33. The van der Waals surface area contributed by atoms with Gasteiger partial charge in [0.05, 0.1) is 13.1 Å². The molecule has 1 heterocycles. The number of nitrogens with zero attached hydrogens (tertiary/aromatic N) is 1. The van der Waals surface area contributed by atoms with Gasteiger partial charge < -0.3 is 5.32 Å². The molecule has 4 nitrogen and oxygen atoms in total. The lowest BCUT2D eigenvalue weighted by Crippen LogP contribution is -2.31. The van der Waals surface area contributed by atoms with Crippen LogP contribution in [0.4, 0.5) is 0 Å². The number of benzene rings is 2. The van der Waals surface area contributed by atoms with Gasteiger partial charge in [0, 0.05) is 31.5 Å². The van der Waals surface area contributed by atoms with E-state index >= 15 is 0 Å². The lowest BCUT2D eigenvalue weighted by Gasteiger charge is -2.26. The van der Waals surface area contributed by atoms with Crippen molar-refractivity contribution in [3.05, 3.63) is 71.3 Å². The van der Waals surface area contributed by atoms with Gasteiger partial charge in [-0.3, -0.25) is 14.5 Å². The van der Waals surface area contributed by atoms with Crippen molar-refractivity contribution in [2.24, 2.45) is 0 Å². The SMILES string of the molecule is O=C(CCC(=O)c1ccccc1)NCC#CCN1CCc2ccccc2C1. The van der Waals surface area contributed by atoms with E-state index in [0.29, 0.717) is 18.7 Å². The Hall–Kier alpha value is -2.90. The fourth-order valence-corrected chi connectivity index (χ4v) is 3.15. The van der Waals surface area contributed by atoms with Crippen LogP contribution in [0, 0.1) is 11.8 Å². The minimum atomic E-state index is -0.138. The molecule has 0 fully saturated rings. The van der Waals surface area contributed by atoms with E-state index in [1.807, 2.05) is 18.2 Å². The van der Waals surface area contributed by atoms with Crippen molar-refractivity contribution < 1.29 is 9.59 Å². The standard InChI is InChI=1S/C23H24N2O2/c26-22(20-9-2-1-3-10-20)12-13-23(27)24-15-6-7-16-25-17-14-19-8-4-5-11-21(19)18-25/h1-5,8-11H,12-18H2,(H,24,27). The number of carbonyl (C=O) groups is 2. The van der Waals surface area contributed by atoms with Crippen LogP contribution in [0.2, 0.25) is 0 Å². The number of amides is 1. The number of hydrogen-bond acceptors (Lipinski definition) is 3. The number of carbonyl (C=O) groups excluding carboxylic acids is 2. The molecule has 0 aromatic heterocycles. The first-order valence-electron chi connectivity index (χ1n) is 9.32. The van der Waals surface area contributed by atoms with Crippen LogP contribution < -0.4 is 5.32 Å². The van der Waals surface area contributed by atoms with Crippen LogP contribution >= 0.6 is 0 Å². The quantitative estimate of drug-likeness (QED) is 0.637. The highest BCUT2D eigenvalue weighted by atomic mass is 16.2. The predicted octanol–water partition coefficient (Wildman–Crippen LogP) is 2.83. The summed E-state index contributed by atoms with van der Waals surface area (Å²) >= 11 is 0. The molecule has 0 unspecified atom stereocenters. The van der Waals surface area contributed by atoms with Gasteiger partial charge in [0.15, 0.2) is 5.78 Å². The summed E-state index contributed by atoms with van der Waals surface area (Å²) < 4.78 is 0. The van der Waals surface area contributed by atoms with Crippen molar-refractivity contribution in [1.82, 2.24) is 10.2 Å². The van der Waals surface area contributed by atoms with Gasteiger partial charge in [-0.1, -0.05) is 66.4 Å². The van der Waals surface area contributed by atoms with Gasteiger partial charge in [0.1, 0.15) is 0 Å². The summed E-state index contributed by atoms with van der Waals surface area (Å²) in [7, 11) is 0. The summed E-state index contributed by atoms with van der Waals surface area (Å²) in [6, 6.07) is 17.6. The lowest BCUT2D eigenvalue weighted by molar-refractivity contribution is -0.120. The second-order valence-electron chi connectivity index (χ2n) is 6.65. The van der Waals surface area contributed by atoms with Crippen molar-refractivity contribution in [1.29, 1.82) is 0 Å². The summed E-state index contributed by atoms with van der Waals surface area (Å²) in [6.07, 6.45) is 1.47. The zero-order chi connectivity index (χ0) is 18.9. The van der Waals surface area contributed by atoms with Gasteiger partial charge in [-0.15, -0.1) is 0 Å². The van der Waals surface area contributed by atoms with Gasteiger partial charge in [-0.25, -0.2) is 0 Å². The second kappa shape index (κ2) is 9.70. The monoisotopic (exact) mass is 360 g/mol. The van der Waals surface area contributed by atoms with E-state index in [1.165, 1.54) is 11.1 Å². The number of rotatable bonds is 6. The van der Waals surface area contributed by atoms with Gasteiger partial charge in [0.25, 0.3) is 0 Å². The minimum absolute atomic E-state index is 0.0118. The van der Waals surface area contributed by atoms with Crippen molar-refractivity contribution in [3.8, 4) is 11.8 Å². The Bertz CT molecular complexity index is 849. The third-order valence-electron chi connectivity index (χ3n) is 4.69. The Morgan fingerprint density at radius 3 is 2.48 bits per heavy atom. The summed E-state index contributed by atoms with van der Waals surface area (Å²) in [5.41, 5.74) is 3.45. The highest BCUT2D eigenvalue weighted by Crippen LogP contribution is 2.17.